The van der Waals surface area contributed by atoms with Gasteiger partial charge in [-0.05, 0) is 62.4 Å². The maximum atomic E-state index is 12.7. The van der Waals surface area contributed by atoms with Crippen LogP contribution in [0.4, 0.5) is 5.82 Å². The Morgan fingerprint density at radius 3 is 2.80 bits per heavy atom. The van der Waals surface area contributed by atoms with Gasteiger partial charge >= 0.3 is 0 Å². The van der Waals surface area contributed by atoms with E-state index in [1.165, 1.54) is 19.3 Å². The Bertz CT molecular complexity index is 704. The number of pyridine rings is 2. The standard InChI is InChI=1S/C20H26N4O/c1-3-18(16-7-10-21-11-8-16)23-20(25)17-9-12-22-19(14-17)24-13-5-4-6-15(24)2/h7-12,14-15,18H,3-6,13H2,1-2H3,(H,23,25)/t15-,18+/m0/s1. The molecular formula is C20H26N4O. The van der Waals surface area contributed by atoms with E-state index in [0.29, 0.717) is 11.6 Å². The Labute approximate surface area is 149 Å². The zero-order valence-corrected chi connectivity index (χ0v) is 15.0. The van der Waals surface area contributed by atoms with Crippen molar-refractivity contribution in [1.29, 1.82) is 0 Å². The number of rotatable bonds is 5. The molecule has 1 aliphatic heterocycles. The van der Waals surface area contributed by atoms with Gasteiger partial charge in [0, 0.05) is 36.7 Å². The van der Waals surface area contributed by atoms with Crippen LogP contribution in [0.3, 0.4) is 0 Å². The van der Waals surface area contributed by atoms with Crippen LogP contribution in [0.5, 0.6) is 0 Å². The number of anilines is 1. The van der Waals surface area contributed by atoms with Gasteiger partial charge in [-0.25, -0.2) is 4.98 Å². The van der Waals surface area contributed by atoms with E-state index < -0.39 is 0 Å². The molecular weight excluding hydrogens is 312 g/mol. The number of hydrogen-bond acceptors (Lipinski definition) is 4. The fourth-order valence-corrected chi connectivity index (χ4v) is 3.41. The number of piperidine rings is 1. The first-order chi connectivity index (χ1) is 12.2. The lowest BCUT2D eigenvalue weighted by Gasteiger charge is -2.34. The first kappa shape index (κ1) is 17.4. The number of carbonyl (C=O) groups excluding carboxylic acids is 1. The summed E-state index contributed by atoms with van der Waals surface area (Å²) >= 11 is 0. The van der Waals surface area contributed by atoms with Crippen molar-refractivity contribution in [1.82, 2.24) is 15.3 Å². The molecule has 1 amide bonds. The van der Waals surface area contributed by atoms with Crippen molar-refractivity contribution in [3.8, 4) is 0 Å². The van der Waals surface area contributed by atoms with E-state index in [0.717, 1.165) is 24.3 Å². The first-order valence-corrected chi connectivity index (χ1v) is 9.12. The van der Waals surface area contributed by atoms with E-state index in [-0.39, 0.29) is 11.9 Å². The van der Waals surface area contributed by atoms with Crippen molar-refractivity contribution in [2.45, 2.75) is 51.6 Å². The summed E-state index contributed by atoms with van der Waals surface area (Å²) in [6, 6.07) is 8.05. The lowest BCUT2D eigenvalue weighted by molar-refractivity contribution is 0.0935. The van der Waals surface area contributed by atoms with Crippen molar-refractivity contribution in [3.63, 3.8) is 0 Å². The summed E-state index contributed by atoms with van der Waals surface area (Å²) in [6.07, 6.45) is 9.71. The second-order valence-corrected chi connectivity index (χ2v) is 6.66. The lowest BCUT2D eigenvalue weighted by atomic mass is 10.0. The summed E-state index contributed by atoms with van der Waals surface area (Å²) in [4.78, 5) is 23.6. The number of carbonyl (C=O) groups is 1. The van der Waals surface area contributed by atoms with Crippen LogP contribution >= 0.6 is 0 Å². The van der Waals surface area contributed by atoms with Crippen LogP contribution in [-0.2, 0) is 0 Å². The molecule has 5 nitrogen and oxygen atoms in total. The maximum absolute atomic E-state index is 12.7. The summed E-state index contributed by atoms with van der Waals surface area (Å²) in [5.41, 5.74) is 1.74. The van der Waals surface area contributed by atoms with E-state index >= 15 is 0 Å². The summed E-state index contributed by atoms with van der Waals surface area (Å²) < 4.78 is 0. The lowest BCUT2D eigenvalue weighted by Crippen LogP contribution is -2.38. The quantitative estimate of drug-likeness (QED) is 0.902. The topological polar surface area (TPSA) is 58.1 Å². The van der Waals surface area contributed by atoms with Gasteiger partial charge in [-0.3, -0.25) is 9.78 Å². The van der Waals surface area contributed by atoms with E-state index in [9.17, 15) is 4.79 Å². The molecule has 3 heterocycles. The van der Waals surface area contributed by atoms with Gasteiger partial charge in [-0.2, -0.15) is 0 Å². The molecule has 0 spiro atoms. The van der Waals surface area contributed by atoms with E-state index in [1.807, 2.05) is 18.2 Å². The molecule has 0 radical (unpaired) electrons. The molecule has 0 aromatic carbocycles. The Morgan fingerprint density at radius 1 is 1.28 bits per heavy atom. The minimum atomic E-state index is -0.0584. The van der Waals surface area contributed by atoms with Crippen LogP contribution in [0, 0.1) is 0 Å². The third-order valence-corrected chi connectivity index (χ3v) is 4.93. The Morgan fingerprint density at radius 2 is 2.08 bits per heavy atom. The molecule has 0 unspecified atom stereocenters. The molecule has 2 atom stereocenters. The van der Waals surface area contributed by atoms with Gasteiger partial charge < -0.3 is 10.2 Å². The van der Waals surface area contributed by atoms with Crippen molar-refractivity contribution in [3.05, 3.63) is 54.0 Å². The molecule has 1 aliphatic rings. The Balaban J connectivity index is 1.75. The normalized spacial score (nSPS) is 18.6. The van der Waals surface area contributed by atoms with Crippen LogP contribution in [0.1, 0.15) is 61.5 Å². The Kier molecular flexibility index (Phi) is 5.64. The highest BCUT2D eigenvalue weighted by atomic mass is 16.1. The third kappa shape index (κ3) is 4.16. The highest BCUT2D eigenvalue weighted by Crippen LogP contribution is 2.24. The fraction of sp³-hybridized carbons (Fsp3) is 0.450. The van der Waals surface area contributed by atoms with Gasteiger partial charge in [0.05, 0.1) is 6.04 Å². The highest BCUT2D eigenvalue weighted by Gasteiger charge is 2.21. The molecule has 2 aromatic heterocycles. The fourth-order valence-electron chi connectivity index (χ4n) is 3.41. The van der Waals surface area contributed by atoms with Gasteiger partial charge in [0.1, 0.15) is 5.82 Å². The van der Waals surface area contributed by atoms with Crippen LogP contribution in [-0.4, -0.2) is 28.5 Å². The average Bonchev–Trinajstić information content (AvgIpc) is 2.67. The number of amides is 1. The smallest absolute Gasteiger partial charge is 0.251 e. The maximum Gasteiger partial charge on any atom is 0.251 e. The minimum Gasteiger partial charge on any atom is -0.354 e. The van der Waals surface area contributed by atoms with Gasteiger partial charge in [-0.1, -0.05) is 6.92 Å². The van der Waals surface area contributed by atoms with E-state index in [2.05, 4.69) is 34.0 Å². The molecule has 132 valence electrons. The zero-order valence-electron chi connectivity index (χ0n) is 15.0. The molecule has 0 bridgehead atoms. The van der Waals surface area contributed by atoms with Crippen LogP contribution in [0.2, 0.25) is 0 Å². The van der Waals surface area contributed by atoms with E-state index in [4.69, 9.17) is 0 Å². The summed E-state index contributed by atoms with van der Waals surface area (Å²) in [5, 5.41) is 3.13. The molecule has 5 heteroatoms. The van der Waals surface area contributed by atoms with Crippen molar-refractivity contribution < 1.29 is 4.79 Å². The number of aromatic nitrogens is 2. The summed E-state index contributed by atoms with van der Waals surface area (Å²) in [7, 11) is 0. The van der Waals surface area contributed by atoms with Crippen LogP contribution in [0.25, 0.3) is 0 Å². The molecule has 2 aromatic rings. The SMILES string of the molecule is CC[C@@H](NC(=O)c1ccnc(N2CCCC[C@@H]2C)c1)c1ccncc1. The van der Waals surface area contributed by atoms with Crippen molar-refractivity contribution in [2.75, 3.05) is 11.4 Å². The third-order valence-electron chi connectivity index (χ3n) is 4.93. The van der Waals surface area contributed by atoms with Gasteiger partial charge in [0.15, 0.2) is 0 Å². The largest absolute Gasteiger partial charge is 0.354 e. The summed E-state index contributed by atoms with van der Waals surface area (Å²) in [5.74, 6) is 0.841. The molecule has 0 aliphatic carbocycles. The minimum absolute atomic E-state index is 0.0129. The monoisotopic (exact) mass is 338 g/mol. The number of hydrogen-bond donors (Lipinski definition) is 1. The first-order valence-electron chi connectivity index (χ1n) is 9.12. The number of nitrogens with one attached hydrogen (secondary N) is 1. The predicted octanol–water partition coefficient (Wildman–Crippen LogP) is 3.74. The predicted molar refractivity (Wildman–Crippen MR) is 99.6 cm³/mol. The molecule has 3 rings (SSSR count). The summed E-state index contributed by atoms with van der Waals surface area (Å²) in [6.45, 7) is 5.30. The molecule has 1 saturated heterocycles. The highest BCUT2D eigenvalue weighted by molar-refractivity contribution is 5.95. The van der Waals surface area contributed by atoms with Gasteiger partial charge in [0.25, 0.3) is 5.91 Å². The molecule has 1 fully saturated rings. The second-order valence-electron chi connectivity index (χ2n) is 6.66. The molecule has 1 N–H and O–H groups in total. The molecule has 25 heavy (non-hydrogen) atoms. The Hall–Kier alpha value is -2.43. The van der Waals surface area contributed by atoms with Crippen LogP contribution in [0.15, 0.2) is 42.9 Å². The number of nitrogens with zero attached hydrogens (tertiary/aromatic N) is 3. The van der Waals surface area contributed by atoms with Crippen molar-refractivity contribution in [2.24, 2.45) is 0 Å². The second kappa shape index (κ2) is 8.10. The zero-order chi connectivity index (χ0) is 17.6. The average molecular weight is 338 g/mol. The van der Waals surface area contributed by atoms with E-state index in [1.54, 1.807) is 24.7 Å². The molecule has 0 saturated carbocycles. The van der Waals surface area contributed by atoms with Crippen LogP contribution < -0.4 is 10.2 Å². The van der Waals surface area contributed by atoms with Gasteiger partial charge in [0.2, 0.25) is 0 Å². The van der Waals surface area contributed by atoms with Gasteiger partial charge in [-0.15, -0.1) is 0 Å². The van der Waals surface area contributed by atoms with Crippen molar-refractivity contribution >= 4 is 11.7 Å².